The number of carbonyl (C=O) groups is 1. The van der Waals surface area contributed by atoms with Crippen LogP contribution in [0, 0.1) is 6.92 Å². The first-order valence-electron chi connectivity index (χ1n) is 10.1. The highest BCUT2D eigenvalue weighted by Crippen LogP contribution is 2.28. The Bertz CT molecular complexity index is 1210. The fourth-order valence-electron chi connectivity index (χ4n) is 3.93. The Morgan fingerprint density at radius 1 is 0.933 bits per heavy atom. The lowest BCUT2D eigenvalue weighted by Gasteiger charge is -2.30. The molecule has 30 heavy (non-hydrogen) atoms. The van der Waals surface area contributed by atoms with Crippen LogP contribution in [-0.2, 0) is 13.1 Å². The first-order valence-corrected chi connectivity index (χ1v) is 10.1. The van der Waals surface area contributed by atoms with E-state index in [0.29, 0.717) is 0 Å². The van der Waals surface area contributed by atoms with Crippen LogP contribution < -0.4 is 15.5 Å². The smallest absolute Gasteiger partial charge is 0.323 e. The van der Waals surface area contributed by atoms with Crippen molar-refractivity contribution in [2.75, 3.05) is 22.1 Å². The molecule has 0 spiro atoms. The Labute approximate surface area is 175 Å². The third-order valence-corrected chi connectivity index (χ3v) is 5.53. The zero-order chi connectivity index (χ0) is 20.5. The van der Waals surface area contributed by atoms with E-state index in [2.05, 4.69) is 44.4 Å². The van der Waals surface area contributed by atoms with Gasteiger partial charge in [0.25, 0.3) is 0 Å². The number of rotatable bonds is 3. The van der Waals surface area contributed by atoms with Crippen LogP contribution in [0.15, 0.2) is 72.8 Å². The number of amides is 2. The second-order valence-electron chi connectivity index (χ2n) is 7.53. The molecule has 2 N–H and O–H groups in total. The number of para-hydroxylation sites is 3. The lowest BCUT2D eigenvalue weighted by molar-refractivity contribution is 0.262. The quantitative estimate of drug-likeness (QED) is 0.511. The number of nitrogens with one attached hydrogen (secondary N) is 2. The molecule has 1 aliphatic rings. The number of anilines is 3. The van der Waals surface area contributed by atoms with Crippen LogP contribution in [0.1, 0.15) is 11.4 Å². The van der Waals surface area contributed by atoms with Crippen molar-refractivity contribution < 1.29 is 4.79 Å². The molecule has 3 aromatic carbocycles. The van der Waals surface area contributed by atoms with E-state index in [4.69, 9.17) is 4.98 Å². The average Bonchev–Trinajstić information content (AvgIpc) is 3.14. The lowest BCUT2D eigenvalue weighted by atomic mass is 10.1. The van der Waals surface area contributed by atoms with Gasteiger partial charge in [0, 0.05) is 30.2 Å². The number of benzene rings is 3. The van der Waals surface area contributed by atoms with Crippen LogP contribution in [0.5, 0.6) is 0 Å². The van der Waals surface area contributed by atoms with Gasteiger partial charge in [-0.2, -0.15) is 0 Å². The molecule has 1 aliphatic heterocycles. The average molecular weight is 397 g/mol. The maximum Gasteiger partial charge on any atom is 0.323 e. The van der Waals surface area contributed by atoms with Gasteiger partial charge in [0.05, 0.1) is 17.6 Å². The molecule has 2 amide bonds. The number of nitrogens with zero attached hydrogens (tertiary/aromatic N) is 3. The Balaban J connectivity index is 1.35. The van der Waals surface area contributed by atoms with Crippen molar-refractivity contribution in [3.8, 4) is 0 Å². The Kier molecular flexibility index (Phi) is 4.59. The summed E-state index contributed by atoms with van der Waals surface area (Å²) in [6.07, 6.45) is 0. The van der Waals surface area contributed by atoms with Gasteiger partial charge >= 0.3 is 6.03 Å². The van der Waals surface area contributed by atoms with Crippen molar-refractivity contribution >= 4 is 34.1 Å². The number of aromatic nitrogens is 2. The number of imidazole rings is 1. The maximum absolute atomic E-state index is 12.4. The fourth-order valence-corrected chi connectivity index (χ4v) is 3.93. The zero-order valence-corrected chi connectivity index (χ0v) is 16.8. The molecule has 0 atom stereocenters. The summed E-state index contributed by atoms with van der Waals surface area (Å²) in [5.74, 6) is 1.07. The summed E-state index contributed by atoms with van der Waals surface area (Å²) in [6, 6.07) is 23.6. The van der Waals surface area contributed by atoms with Crippen molar-refractivity contribution in [1.29, 1.82) is 0 Å². The molecule has 6 nitrogen and oxygen atoms in total. The monoisotopic (exact) mass is 397 g/mol. The second-order valence-corrected chi connectivity index (χ2v) is 7.53. The van der Waals surface area contributed by atoms with E-state index in [1.165, 1.54) is 5.52 Å². The number of urea groups is 1. The maximum atomic E-state index is 12.4. The molecule has 150 valence electrons. The predicted octanol–water partition coefficient (Wildman–Crippen LogP) is 5.01. The summed E-state index contributed by atoms with van der Waals surface area (Å²) in [5.41, 5.74) is 5.90. The Hall–Kier alpha value is -3.80. The number of carbonyl (C=O) groups excluding carboxylic acids is 1. The summed E-state index contributed by atoms with van der Waals surface area (Å²) < 4.78 is 2.30. The third kappa shape index (κ3) is 3.48. The molecule has 0 fully saturated rings. The highest BCUT2D eigenvalue weighted by Gasteiger charge is 2.20. The molecule has 6 heteroatoms. The van der Waals surface area contributed by atoms with Gasteiger partial charge in [0.2, 0.25) is 0 Å². The van der Waals surface area contributed by atoms with Crippen LogP contribution in [-0.4, -0.2) is 22.1 Å². The van der Waals surface area contributed by atoms with Gasteiger partial charge in [0.15, 0.2) is 0 Å². The highest BCUT2D eigenvalue weighted by atomic mass is 16.2. The van der Waals surface area contributed by atoms with Crippen molar-refractivity contribution in [1.82, 2.24) is 9.55 Å². The molecule has 0 saturated carbocycles. The predicted molar refractivity (Wildman–Crippen MR) is 121 cm³/mol. The summed E-state index contributed by atoms with van der Waals surface area (Å²) in [4.78, 5) is 19.5. The van der Waals surface area contributed by atoms with Crippen molar-refractivity contribution in [3.63, 3.8) is 0 Å². The molecular weight excluding hydrogens is 374 g/mol. The fraction of sp³-hybridized carbons (Fsp3) is 0.167. The molecule has 4 aromatic rings. The van der Waals surface area contributed by atoms with Crippen molar-refractivity contribution in [2.45, 2.75) is 20.0 Å². The first kappa shape index (κ1) is 18.2. The van der Waals surface area contributed by atoms with Crippen LogP contribution in [0.4, 0.5) is 21.9 Å². The van der Waals surface area contributed by atoms with E-state index in [0.717, 1.165) is 53.6 Å². The van der Waals surface area contributed by atoms with E-state index in [1.54, 1.807) is 0 Å². The number of hydrogen-bond acceptors (Lipinski definition) is 3. The topological polar surface area (TPSA) is 62.2 Å². The van der Waals surface area contributed by atoms with Gasteiger partial charge in [-0.3, -0.25) is 0 Å². The van der Waals surface area contributed by atoms with Crippen molar-refractivity contribution in [2.24, 2.45) is 0 Å². The van der Waals surface area contributed by atoms with E-state index < -0.39 is 0 Å². The van der Waals surface area contributed by atoms with Gasteiger partial charge in [-0.1, -0.05) is 36.4 Å². The molecule has 0 unspecified atom stereocenters. The SMILES string of the molecule is Cc1ccc(N2CCn3c(nc4ccccc43)C2)cc1NC(=O)Nc1ccccc1. The van der Waals surface area contributed by atoms with E-state index >= 15 is 0 Å². The molecular formula is C24H23N5O. The van der Waals surface area contributed by atoms with E-state index in [-0.39, 0.29) is 6.03 Å². The molecule has 0 bridgehead atoms. The molecule has 0 aliphatic carbocycles. The van der Waals surface area contributed by atoms with Gasteiger partial charge in [-0.25, -0.2) is 9.78 Å². The van der Waals surface area contributed by atoms with Crippen LogP contribution in [0.25, 0.3) is 11.0 Å². The molecule has 2 heterocycles. The highest BCUT2D eigenvalue weighted by molar-refractivity contribution is 6.00. The van der Waals surface area contributed by atoms with Gasteiger partial charge in [-0.15, -0.1) is 0 Å². The lowest BCUT2D eigenvalue weighted by Crippen LogP contribution is -2.33. The van der Waals surface area contributed by atoms with E-state index in [1.807, 2.05) is 55.5 Å². The summed E-state index contributed by atoms with van der Waals surface area (Å²) >= 11 is 0. The van der Waals surface area contributed by atoms with E-state index in [9.17, 15) is 4.79 Å². The van der Waals surface area contributed by atoms with Gasteiger partial charge in [-0.05, 0) is 48.9 Å². The zero-order valence-electron chi connectivity index (χ0n) is 16.8. The molecule has 5 rings (SSSR count). The number of hydrogen-bond donors (Lipinski definition) is 2. The number of fused-ring (bicyclic) bond motifs is 3. The third-order valence-electron chi connectivity index (χ3n) is 5.53. The van der Waals surface area contributed by atoms with Crippen LogP contribution in [0.2, 0.25) is 0 Å². The largest absolute Gasteiger partial charge is 0.362 e. The minimum absolute atomic E-state index is 0.248. The standard InChI is InChI=1S/C24H23N5O/c1-17-11-12-19(15-21(17)27-24(30)25-18-7-3-2-4-8-18)28-13-14-29-22-10-6-5-9-20(22)26-23(29)16-28/h2-12,15H,13-14,16H2,1H3,(H2,25,27,30). The van der Waals surface area contributed by atoms with Gasteiger partial charge in [0.1, 0.15) is 5.82 Å². The van der Waals surface area contributed by atoms with Crippen LogP contribution in [0.3, 0.4) is 0 Å². The first-order chi connectivity index (χ1) is 14.7. The minimum Gasteiger partial charge on any atom is -0.362 e. The molecule has 1 aromatic heterocycles. The Morgan fingerprint density at radius 3 is 2.60 bits per heavy atom. The summed E-state index contributed by atoms with van der Waals surface area (Å²) in [5, 5.41) is 5.85. The summed E-state index contributed by atoms with van der Waals surface area (Å²) in [7, 11) is 0. The second kappa shape index (κ2) is 7.55. The minimum atomic E-state index is -0.248. The van der Waals surface area contributed by atoms with Crippen molar-refractivity contribution in [3.05, 3.63) is 84.2 Å². The summed E-state index contributed by atoms with van der Waals surface area (Å²) in [6.45, 7) is 4.53. The van der Waals surface area contributed by atoms with Gasteiger partial charge < -0.3 is 20.1 Å². The normalized spacial score (nSPS) is 13.2. The molecule has 0 saturated heterocycles. The van der Waals surface area contributed by atoms with Crippen LogP contribution >= 0.6 is 0 Å². The number of aryl methyl sites for hydroxylation is 1. The molecule has 0 radical (unpaired) electrons. The Morgan fingerprint density at radius 2 is 1.73 bits per heavy atom.